The summed E-state index contributed by atoms with van der Waals surface area (Å²) in [5.41, 5.74) is 2.74. The molecule has 0 aliphatic carbocycles. The Morgan fingerprint density at radius 1 is 0.625 bits per heavy atom. The van der Waals surface area contributed by atoms with Crippen LogP contribution >= 0.6 is 15.8 Å². The van der Waals surface area contributed by atoms with E-state index in [-0.39, 0.29) is 22.0 Å². The largest absolute Gasteiger partial charge is 0.485 e. The van der Waals surface area contributed by atoms with Crippen LogP contribution in [-0.4, -0.2) is 22.0 Å². The number of rotatable bonds is 3. The van der Waals surface area contributed by atoms with Crippen molar-refractivity contribution in [3.05, 3.63) is 36.4 Å². The zero-order valence-electron chi connectivity index (χ0n) is 21.5. The summed E-state index contributed by atoms with van der Waals surface area (Å²) < 4.78 is 13.3. The highest BCUT2D eigenvalue weighted by molar-refractivity contribution is 7.69. The molecule has 4 rings (SSSR count). The topological polar surface area (TPSA) is 18.5 Å². The van der Waals surface area contributed by atoms with E-state index in [4.69, 9.17) is 9.47 Å². The molecule has 2 heterocycles. The molecule has 0 bridgehead atoms. The molecule has 0 N–H and O–H groups in total. The second-order valence-corrected chi connectivity index (χ2v) is 18.0. The molecule has 0 aromatic heterocycles. The fourth-order valence-electron chi connectivity index (χ4n) is 5.09. The van der Waals surface area contributed by atoms with Crippen molar-refractivity contribution < 1.29 is 9.47 Å². The summed E-state index contributed by atoms with van der Waals surface area (Å²) >= 11 is 0. The number of ether oxygens (including phenoxy) is 2. The summed E-state index contributed by atoms with van der Waals surface area (Å²) in [6, 6.07) is 13.4. The summed E-state index contributed by atoms with van der Waals surface area (Å²) in [7, 11) is -0.955. The van der Waals surface area contributed by atoms with Crippen LogP contribution in [0.5, 0.6) is 11.5 Å². The van der Waals surface area contributed by atoms with Gasteiger partial charge >= 0.3 is 0 Å². The average Bonchev–Trinajstić information content (AvgIpc) is 3.26. The van der Waals surface area contributed by atoms with Crippen LogP contribution in [0.4, 0.5) is 0 Å². The second kappa shape index (κ2) is 8.29. The third-order valence-electron chi connectivity index (χ3n) is 6.36. The van der Waals surface area contributed by atoms with Gasteiger partial charge in [-0.15, -0.1) is 0 Å². The van der Waals surface area contributed by atoms with Crippen molar-refractivity contribution in [3.8, 4) is 22.6 Å². The molecule has 0 unspecified atom stereocenters. The van der Waals surface area contributed by atoms with E-state index < -0.39 is 15.8 Å². The van der Waals surface area contributed by atoms with Gasteiger partial charge in [0.1, 0.15) is 23.2 Å². The minimum absolute atomic E-state index is 0.176. The van der Waals surface area contributed by atoms with Gasteiger partial charge in [-0.2, -0.15) is 0 Å². The van der Waals surface area contributed by atoms with E-state index in [1.165, 1.54) is 21.7 Å². The number of hydrogen-bond acceptors (Lipinski definition) is 2. The van der Waals surface area contributed by atoms with Gasteiger partial charge in [0.2, 0.25) is 0 Å². The van der Waals surface area contributed by atoms with Gasteiger partial charge < -0.3 is 9.47 Å². The molecule has 2 aliphatic rings. The van der Waals surface area contributed by atoms with Crippen LogP contribution in [0.15, 0.2) is 36.4 Å². The molecular weight excluding hydrogens is 430 g/mol. The van der Waals surface area contributed by atoms with Crippen LogP contribution in [0.3, 0.4) is 0 Å². The standard InChI is InChI=1S/C28H40O2P2/c1-17(2)25-29-21-15-11-13-19(23(21)31(25)27(5,6)7)20-14-12-16-22-24(20)32(28(8,9)10)26(30-22)18(3)4/h11-18,25-26H,1-10H3/t25-,26-,31+,32+/m1/s1. The fraction of sp³-hybridized carbons (Fsp3) is 0.571. The average molecular weight is 471 g/mol. The molecule has 0 saturated carbocycles. The lowest BCUT2D eigenvalue weighted by atomic mass is 10.0. The second-order valence-electron chi connectivity index (χ2n) is 11.9. The molecule has 4 atom stereocenters. The van der Waals surface area contributed by atoms with E-state index >= 15 is 0 Å². The Labute approximate surface area is 198 Å². The first-order chi connectivity index (χ1) is 14.8. The van der Waals surface area contributed by atoms with Crippen molar-refractivity contribution in [3.63, 3.8) is 0 Å². The van der Waals surface area contributed by atoms with Crippen LogP contribution < -0.4 is 20.1 Å². The molecule has 0 spiro atoms. The van der Waals surface area contributed by atoms with Gasteiger partial charge in [-0.3, -0.25) is 0 Å². The van der Waals surface area contributed by atoms with Crippen molar-refractivity contribution in [2.45, 2.75) is 91.2 Å². The molecule has 0 fully saturated rings. The first-order valence-electron chi connectivity index (χ1n) is 12.0. The van der Waals surface area contributed by atoms with E-state index in [2.05, 4.69) is 106 Å². The van der Waals surface area contributed by atoms with Crippen molar-refractivity contribution in [2.75, 3.05) is 0 Å². The molecule has 0 radical (unpaired) electrons. The van der Waals surface area contributed by atoms with E-state index in [0.717, 1.165) is 11.5 Å². The molecule has 32 heavy (non-hydrogen) atoms. The van der Waals surface area contributed by atoms with E-state index in [9.17, 15) is 0 Å². The van der Waals surface area contributed by atoms with Crippen LogP contribution in [0.2, 0.25) is 0 Å². The number of hydrogen-bond donors (Lipinski definition) is 0. The lowest BCUT2D eigenvalue weighted by molar-refractivity contribution is 0.239. The van der Waals surface area contributed by atoms with Gasteiger partial charge in [0.25, 0.3) is 0 Å². The van der Waals surface area contributed by atoms with Gasteiger partial charge in [0.05, 0.1) is 0 Å². The Kier molecular flexibility index (Phi) is 6.22. The molecule has 2 nitrogen and oxygen atoms in total. The van der Waals surface area contributed by atoms with Crippen molar-refractivity contribution >= 4 is 26.5 Å². The summed E-state index contributed by atoms with van der Waals surface area (Å²) in [6.07, 6.45) is 0. The highest BCUT2D eigenvalue weighted by atomic mass is 31.1. The number of benzene rings is 2. The Bertz CT molecular complexity index is 916. The maximum absolute atomic E-state index is 6.65. The van der Waals surface area contributed by atoms with Crippen molar-refractivity contribution in [1.29, 1.82) is 0 Å². The maximum atomic E-state index is 6.65. The van der Waals surface area contributed by atoms with E-state index in [1.54, 1.807) is 0 Å². The molecule has 174 valence electrons. The normalized spacial score (nSPS) is 25.0. The molecule has 2 aromatic carbocycles. The summed E-state index contributed by atoms with van der Waals surface area (Å²) in [5.74, 6) is 3.70. The zero-order valence-corrected chi connectivity index (χ0v) is 23.3. The fourth-order valence-corrected chi connectivity index (χ4v) is 11.7. The lowest BCUT2D eigenvalue weighted by Crippen LogP contribution is -2.29. The van der Waals surface area contributed by atoms with Crippen LogP contribution in [0.1, 0.15) is 69.2 Å². The van der Waals surface area contributed by atoms with Crippen molar-refractivity contribution in [2.24, 2.45) is 11.8 Å². The summed E-state index contributed by atoms with van der Waals surface area (Å²) in [5, 5.41) is 3.27. The SMILES string of the molecule is CC(C)[C@@H]1Oc2cccc(-c3cccc4c3[P@](C(C)(C)C)[C@H](C(C)C)O4)c2[P@]1C(C)(C)C. The third kappa shape index (κ3) is 4.01. The van der Waals surface area contributed by atoms with Crippen LogP contribution in [0.25, 0.3) is 11.1 Å². The lowest BCUT2D eigenvalue weighted by Gasteiger charge is -2.35. The van der Waals surface area contributed by atoms with Crippen LogP contribution in [0, 0.1) is 11.8 Å². The van der Waals surface area contributed by atoms with Crippen LogP contribution in [-0.2, 0) is 0 Å². The van der Waals surface area contributed by atoms with E-state index in [0.29, 0.717) is 11.8 Å². The highest BCUT2D eigenvalue weighted by Crippen LogP contribution is 2.64. The molecule has 0 amide bonds. The first kappa shape index (κ1) is 24.0. The quantitative estimate of drug-likeness (QED) is 0.424. The Hall–Kier alpha value is -1.10. The minimum atomic E-state index is -0.478. The Balaban J connectivity index is 1.96. The number of fused-ring (bicyclic) bond motifs is 2. The Morgan fingerprint density at radius 2 is 0.969 bits per heavy atom. The minimum Gasteiger partial charge on any atom is -0.485 e. The summed E-state index contributed by atoms with van der Waals surface area (Å²) in [4.78, 5) is 0. The van der Waals surface area contributed by atoms with Crippen molar-refractivity contribution in [1.82, 2.24) is 0 Å². The maximum Gasteiger partial charge on any atom is 0.128 e. The van der Waals surface area contributed by atoms with Gasteiger partial charge in [0, 0.05) is 10.6 Å². The summed E-state index contributed by atoms with van der Waals surface area (Å²) in [6.45, 7) is 23.5. The third-order valence-corrected chi connectivity index (χ3v) is 13.6. The van der Waals surface area contributed by atoms with Gasteiger partial charge in [-0.1, -0.05) is 93.5 Å². The highest BCUT2D eigenvalue weighted by Gasteiger charge is 2.47. The van der Waals surface area contributed by atoms with Gasteiger partial charge in [-0.05, 0) is 61.3 Å². The predicted molar refractivity (Wildman–Crippen MR) is 143 cm³/mol. The predicted octanol–water partition coefficient (Wildman–Crippen LogP) is 7.91. The Morgan fingerprint density at radius 3 is 1.25 bits per heavy atom. The molecule has 0 saturated heterocycles. The van der Waals surface area contributed by atoms with Gasteiger partial charge in [-0.25, -0.2) is 0 Å². The smallest absolute Gasteiger partial charge is 0.128 e. The molecule has 2 aromatic rings. The molecule has 2 aliphatic heterocycles. The van der Waals surface area contributed by atoms with E-state index in [1.807, 2.05) is 0 Å². The monoisotopic (exact) mass is 470 g/mol. The molecule has 4 heteroatoms. The molecular formula is C28H40O2P2. The first-order valence-corrected chi connectivity index (χ1v) is 14.8. The zero-order chi connectivity index (χ0) is 23.6. The van der Waals surface area contributed by atoms with Gasteiger partial charge in [0.15, 0.2) is 0 Å².